The first-order valence-electron chi connectivity index (χ1n) is 12.7. The summed E-state index contributed by atoms with van der Waals surface area (Å²) in [4.78, 5) is 32.3. The van der Waals surface area contributed by atoms with Crippen LogP contribution < -0.4 is 10.4 Å². The van der Waals surface area contributed by atoms with Crippen molar-refractivity contribution >= 4 is 28.4 Å². The van der Waals surface area contributed by atoms with Crippen LogP contribution in [0.2, 0.25) is 0 Å². The van der Waals surface area contributed by atoms with E-state index in [-0.39, 0.29) is 17.7 Å². The quantitative estimate of drug-likeness (QED) is 0.219. The number of anilines is 1. The van der Waals surface area contributed by atoms with Crippen LogP contribution in [0.15, 0.2) is 54.7 Å². The van der Waals surface area contributed by atoms with Gasteiger partial charge in [-0.1, -0.05) is 37.1 Å². The summed E-state index contributed by atoms with van der Waals surface area (Å²) in [5, 5.41) is 9.81. The van der Waals surface area contributed by atoms with Crippen LogP contribution in [0, 0.1) is 5.92 Å². The molecule has 3 N–H and O–H groups in total. The molecule has 35 heavy (non-hydrogen) atoms. The molecule has 0 aliphatic carbocycles. The number of aromatic nitrogens is 1. The van der Waals surface area contributed by atoms with E-state index in [1.165, 1.54) is 5.39 Å². The molecule has 1 aliphatic heterocycles. The van der Waals surface area contributed by atoms with Gasteiger partial charge in [0.15, 0.2) is 0 Å². The van der Waals surface area contributed by atoms with Crippen molar-refractivity contribution in [2.75, 3.05) is 31.6 Å². The van der Waals surface area contributed by atoms with Crippen molar-refractivity contribution in [3.8, 4) is 11.1 Å². The van der Waals surface area contributed by atoms with Crippen LogP contribution in [-0.2, 0) is 9.59 Å². The van der Waals surface area contributed by atoms with Crippen LogP contribution in [-0.4, -0.2) is 53.6 Å². The van der Waals surface area contributed by atoms with Crippen LogP contribution in [0.1, 0.15) is 44.9 Å². The number of hydroxylamine groups is 1. The van der Waals surface area contributed by atoms with Gasteiger partial charge in [-0.05, 0) is 86.6 Å². The molecule has 0 saturated carbocycles. The highest BCUT2D eigenvalue weighted by atomic mass is 16.5. The minimum Gasteiger partial charge on any atom is -0.361 e. The Morgan fingerprint density at radius 3 is 2.46 bits per heavy atom. The summed E-state index contributed by atoms with van der Waals surface area (Å²) in [5.74, 6) is -0.0627. The molecule has 1 aliphatic rings. The van der Waals surface area contributed by atoms with Crippen molar-refractivity contribution in [3.63, 3.8) is 0 Å². The molecule has 0 radical (unpaired) electrons. The van der Waals surface area contributed by atoms with Gasteiger partial charge in [-0.15, -0.1) is 0 Å². The highest BCUT2D eigenvalue weighted by molar-refractivity contribution is 5.95. The Morgan fingerprint density at radius 2 is 1.71 bits per heavy atom. The second kappa shape index (κ2) is 12.0. The maximum Gasteiger partial charge on any atom is 0.243 e. The smallest absolute Gasteiger partial charge is 0.243 e. The normalized spacial score (nSPS) is 14.8. The van der Waals surface area contributed by atoms with Crippen LogP contribution in [0.3, 0.4) is 0 Å². The van der Waals surface area contributed by atoms with Gasteiger partial charge in [0.05, 0.1) is 0 Å². The number of nitrogens with one attached hydrogen (secondary N) is 2. The number of carbonyl (C=O) groups excluding carboxylic acids is 2. The van der Waals surface area contributed by atoms with Crippen LogP contribution >= 0.6 is 0 Å². The number of rotatable bonds is 10. The molecular formula is C28H36N4O3. The number of aromatic amines is 1. The first-order valence-corrected chi connectivity index (χ1v) is 12.7. The first kappa shape index (κ1) is 24.9. The lowest BCUT2D eigenvalue weighted by Gasteiger charge is -2.32. The van der Waals surface area contributed by atoms with Gasteiger partial charge in [0, 0.05) is 36.3 Å². The number of H-pyrrole nitrogens is 1. The molecule has 7 nitrogen and oxygen atoms in total. The summed E-state index contributed by atoms with van der Waals surface area (Å²) >= 11 is 0. The number of amides is 2. The molecule has 0 unspecified atom stereocenters. The molecular weight excluding hydrogens is 440 g/mol. The van der Waals surface area contributed by atoms with Crippen molar-refractivity contribution < 1.29 is 14.8 Å². The molecule has 1 saturated heterocycles. The summed E-state index contributed by atoms with van der Waals surface area (Å²) in [5.41, 5.74) is 6.00. The topological polar surface area (TPSA) is 88.7 Å². The predicted molar refractivity (Wildman–Crippen MR) is 139 cm³/mol. The van der Waals surface area contributed by atoms with Gasteiger partial charge in [0.25, 0.3) is 0 Å². The molecule has 7 heteroatoms. The number of fused-ring (bicyclic) bond motifs is 1. The third-order valence-corrected chi connectivity index (χ3v) is 7.06. The molecule has 0 spiro atoms. The molecule has 2 aromatic carbocycles. The maximum absolute atomic E-state index is 13.5. The summed E-state index contributed by atoms with van der Waals surface area (Å²) in [6.07, 6.45) is 7.51. The Labute approximate surface area is 207 Å². The van der Waals surface area contributed by atoms with Gasteiger partial charge in [-0.2, -0.15) is 0 Å². The van der Waals surface area contributed by atoms with Gasteiger partial charge < -0.3 is 14.8 Å². The lowest BCUT2D eigenvalue weighted by molar-refractivity contribution is -0.129. The lowest BCUT2D eigenvalue weighted by Crippen LogP contribution is -2.42. The van der Waals surface area contributed by atoms with Gasteiger partial charge >= 0.3 is 0 Å². The molecule has 3 aromatic rings. The van der Waals surface area contributed by atoms with E-state index in [9.17, 15) is 9.59 Å². The van der Waals surface area contributed by atoms with Gasteiger partial charge in [0.1, 0.15) is 0 Å². The zero-order valence-electron chi connectivity index (χ0n) is 20.5. The molecule has 4 rings (SSSR count). The van der Waals surface area contributed by atoms with E-state index in [0.717, 1.165) is 73.9 Å². The fourth-order valence-corrected chi connectivity index (χ4v) is 4.87. The number of hydrogen-bond acceptors (Lipinski definition) is 4. The van der Waals surface area contributed by atoms with Gasteiger partial charge in [-0.3, -0.25) is 14.8 Å². The monoisotopic (exact) mass is 476 g/mol. The van der Waals surface area contributed by atoms with Gasteiger partial charge in [-0.25, -0.2) is 5.48 Å². The zero-order chi connectivity index (χ0) is 24.6. The maximum atomic E-state index is 13.5. The molecule has 1 fully saturated rings. The number of nitrogens with zero attached hydrogens (tertiary/aromatic N) is 2. The van der Waals surface area contributed by atoms with Crippen molar-refractivity contribution in [1.29, 1.82) is 0 Å². The number of carbonyl (C=O) groups is 2. The van der Waals surface area contributed by atoms with Crippen molar-refractivity contribution in [2.45, 2.75) is 44.9 Å². The predicted octanol–water partition coefficient (Wildman–Crippen LogP) is 4.97. The van der Waals surface area contributed by atoms with Crippen molar-refractivity contribution in [1.82, 2.24) is 15.4 Å². The van der Waals surface area contributed by atoms with Crippen molar-refractivity contribution in [3.05, 3.63) is 54.7 Å². The Balaban J connectivity index is 1.44. The minimum atomic E-state index is -0.348. The zero-order valence-corrected chi connectivity index (χ0v) is 20.5. The molecule has 0 bridgehead atoms. The van der Waals surface area contributed by atoms with Gasteiger partial charge in [0.2, 0.25) is 11.8 Å². The average molecular weight is 477 g/mol. The summed E-state index contributed by atoms with van der Waals surface area (Å²) in [7, 11) is 2.11. The molecule has 2 amide bonds. The minimum absolute atomic E-state index is 0.0643. The fraction of sp³-hybridized carbons (Fsp3) is 0.429. The van der Waals surface area contributed by atoms with E-state index in [0.29, 0.717) is 13.0 Å². The summed E-state index contributed by atoms with van der Waals surface area (Å²) < 4.78 is 0. The number of piperidine rings is 1. The Kier molecular flexibility index (Phi) is 8.55. The first-order chi connectivity index (χ1) is 17.0. The SMILES string of the molecule is CN1CCC(C(=O)N(CCCCCCC(=O)NO)c2ccc(-c3ccc4cc[nH]c4c3)cc2)CC1. The number of benzene rings is 2. The Morgan fingerprint density at radius 1 is 1.00 bits per heavy atom. The standard InChI is InChI=1S/C28H36N4O3/c1-31-18-14-23(15-19-31)28(34)32(17-5-3-2-4-6-27(33)30-35)25-11-9-21(10-12-25)24-8-7-22-13-16-29-26(22)20-24/h7-13,16,20,23,29,35H,2-6,14-15,17-19H2,1H3,(H,30,33). The van der Waals surface area contributed by atoms with E-state index in [1.54, 1.807) is 5.48 Å². The van der Waals surface area contributed by atoms with E-state index < -0.39 is 0 Å². The van der Waals surface area contributed by atoms with E-state index in [2.05, 4.69) is 65.5 Å². The molecule has 0 atom stereocenters. The number of unbranched alkanes of at least 4 members (excludes halogenated alkanes) is 3. The average Bonchev–Trinajstić information content (AvgIpc) is 3.36. The summed E-state index contributed by atoms with van der Waals surface area (Å²) in [6.45, 7) is 2.58. The van der Waals surface area contributed by atoms with Crippen LogP contribution in [0.5, 0.6) is 0 Å². The second-order valence-corrected chi connectivity index (χ2v) is 9.59. The number of hydrogen-bond donors (Lipinski definition) is 3. The molecule has 1 aromatic heterocycles. The summed E-state index contributed by atoms with van der Waals surface area (Å²) in [6, 6.07) is 16.8. The largest absolute Gasteiger partial charge is 0.361 e. The third kappa shape index (κ3) is 6.50. The number of likely N-dealkylation sites (tertiary alicyclic amines) is 1. The Bertz CT molecular complexity index is 1120. The molecule has 2 heterocycles. The second-order valence-electron chi connectivity index (χ2n) is 9.59. The highest BCUT2D eigenvalue weighted by Crippen LogP contribution is 2.28. The third-order valence-electron chi connectivity index (χ3n) is 7.06. The highest BCUT2D eigenvalue weighted by Gasteiger charge is 2.28. The van der Waals surface area contributed by atoms with E-state index in [1.807, 2.05) is 11.1 Å². The van der Waals surface area contributed by atoms with Crippen molar-refractivity contribution in [2.24, 2.45) is 5.92 Å². The molecule has 186 valence electrons. The van der Waals surface area contributed by atoms with Crippen LogP contribution in [0.4, 0.5) is 5.69 Å². The fourth-order valence-electron chi connectivity index (χ4n) is 4.87. The van der Waals surface area contributed by atoms with Crippen LogP contribution in [0.25, 0.3) is 22.0 Å². The lowest BCUT2D eigenvalue weighted by atomic mass is 9.95. The Hall–Kier alpha value is -3.16. The van der Waals surface area contributed by atoms with E-state index >= 15 is 0 Å². The van der Waals surface area contributed by atoms with E-state index in [4.69, 9.17) is 5.21 Å².